The number of furan rings is 1. The molecule has 0 fully saturated rings. The quantitative estimate of drug-likeness (QED) is 0.176. The normalized spacial score (nSPS) is 14.2. The van der Waals surface area contributed by atoms with Crippen molar-refractivity contribution >= 4 is 21.9 Å². The van der Waals surface area contributed by atoms with E-state index in [4.69, 9.17) is 14.4 Å². The average Bonchev–Trinajstić information content (AvgIpc) is 3.90. The number of fused-ring (bicyclic) bond motifs is 9. The Bertz CT molecular complexity index is 3260. The van der Waals surface area contributed by atoms with Crippen molar-refractivity contribution in [3.8, 4) is 56.2 Å². The number of nitrogens with zero attached hydrogens (tertiary/aromatic N) is 2. The fraction of sp³-hybridized carbons (Fsp3) is 0.0714. The third kappa shape index (κ3) is 4.82. The summed E-state index contributed by atoms with van der Waals surface area (Å²) >= 11 is 0. The van der Waals surface area contributed by atoms with Crippen LogP contribution in [-0.2, 0) is 10.8 Å². The molecule has 10 aromatic rings. The van der Waals surface area contributed by atoms with Gasteiger partial charge in [-0.2, -0.15) is 0 Å². The van der Waals surface area contributed by atoms with Crippen molar-refractivity contribution in [3.63, 3.8) is 0 Å². The smallest absolute Gasteiger partial charge is 0.160 e. The molecule has 0 spiro atoms. The number of para-hydroxylation sites is 2. The first-order chi connectivity index (χ1) is 29.0. The summed E-state index contributed by atoms with van der Waals surface area (Å²) in [5.74, 6) is 0.682. The van der Waals surface area contributed by atoms with Crippen LogP contribution in [0.2, 0.25) is 0 Å². The SMILES string of the molecule is CC1(C)c2ccccc2-c2ccc(-c3nc(-c4ccc5c(c4)C(c4ccccc4)(c4ccccc4)c4ccccc4-5)cc(-c4cccc5c4oc4ccccc45)n3)cc21. The third-order valence-corrected chi connectivity index (χ3v) is 13.0. The van der Waals surface area contributed by atoms with Crippen LogP contribution in [0.15, 0.2) is 199 Å². The molecule has 0 atom stereocenters. The van der Waals surface area contributed by atoms with Gasteiger partial charge in [0.15, 0.2) is 5.82 Å². The molecular weight excluding hydrogens is 717 g/mol. The summed E-state index contributed by atoms with van der Waals surface area (Å²) in [6.45, 7) is 4.64. The maximum atomic E-state index is 6.61. The first kappa shape index (κ1) is 33.7. The van der Waals surface area contributed by atoms with Gasteiger partial charge in [-0.3, -0.25) is 0 Å². The molecule has 0 bridgehead atoms. The van der Waals surface area contributed by atoms with Gasteiger partial charge in [-0.15, -0.1) is 0 Å². The molecule has 2 heterocycles. The first-order valence-corrected chi connectivity index (χ1v) is 20.4. The molecule has 8 aromatic carbocycles. The standard InChI is InChI=1S/C56H38N2O/c1-55(2)46-25-12-9-20-39(46)41-31-29-36(33-48(41)55)54-57-50(34-51(58-54)45-24-15-23-44-43-22-11-14-27-52(43)59-53(44)45)35-28-30-42-40-21-10-13-26-47(40)56(49(42)32-35,37-16-5-3-6-17-37)38-18-7-4-8-19-38/h3-34H,1-2H3. The molecule has 3 heteroatoms. The molecule has 2 aromatic heterocycles. The lowest BCUT2D eigenvalue weighted by Gasteiger charge is -2.34. The summed E-state index contributed by atoms with van der Waals surface area (Å²) in [4.78, 5) is 10.9. The monoisotopic (exact) mass is 754 g/mol. The number of aromatic nitrogens is 2. The molecule has 2 aliphatic carbocycles. The van der Waals surface area contributed by atoms with Gasteiger partial charge in [-0.25, -0.2) is 9.97 Å². The van der Waals surface area contributed by atoms with E-state index in [0.717, 1.165) is 50.0 Å². The fourth-order valence-electron chi connectivity index (χ4n) is 10.3. The zero-order chi connectivity index (χ0) is 39.3. The molecule has 0 saturated carbocycles. The first-order valence-electron chi connectivity index (χ1n) is 20.4. The van der Waals surface area contributed by atoms with Crippen molar-refractivity contribution in [2.24, 2.45) is 0 Å². The van der Waals surface area contributed by atoms with Crippen molar-refractivity contribution in [2.75, 3.05) is 0 Å². The van der Waals surface area contributed by atoms with Crippen molar-refractivity contribution < 1.29 is 4.42 Å². The lowest BCUT2D eigenvalue weighted by molar-refractivity contribution is 0.660. The van der Waals surface area contributed by atoms with E-state index in [9.17, 15) is 0 Å². The Balaban J connectivity index is 1.11. The number of hydrogen-bond donors (Lipinski definition) is 0. The minimum absolute atomic E-state index is 0.157. The Morgan fingerprint density at radius 3 is 1.69 bits per heavy atom. The van der Waals surface area contributed by atoms with Crippen molar-refractivity contribution in [1.29, 1.82) is 0 Å². The minimum Gasteiger partial charge on any atom is -0.455 e. The van der Waals surface area contributed by atoms with E-state index in [1.165, 1.54) is 55.6 Å². The lowest BCUT2D eigenvalue weighted by Crippen LogP contribution is -2.28. The van der Waals surface area contributed by atoms with Gasteiger partial charge < -0.3 is 4.42 Å². The van der Waals surface area contributed by atoms with Gasteiger partial charge in [0.05, 0.1) is 16.8 Å². The lowest BCUT2D eigenvalue weighted by atomic mass is 9.67. The molecule has 0 radical (unpaired) electrons. The van der Waals surface area contributed by atoms with Gasteiger partial charge in [0.1, 0.15) is 11.2 Å². The average molecular weight is 755 g/mol. The van der Waals surface area contributed by atoms with Crippen LogP contribution in [0.4, 0.5) is 0 Å². The van der Waals surface area contributed by atoms with E-state index in [1.807, 2.05) is 12.1 Å². The molecule has 2 aliphatic rings. The Labute approximate surface area is 343 Å². The number of hydrogen-bond acceptors (Lipinski definition) is 3. The Morgan fingerprint density at radius 2 is 0.932 bits per heavy atom. The van der Waals surface area contributed by atoms with Crippen LogP contribution in [-0.4, -0.2) is 9.97 Å². The van der Waals surface area contributed by atoms with E-state index in [0.29, 0.717) is 5.82 Å². The Morgan fingerprint density at radius 1 is 0.390 bits per heavy atom. The van der Waals surface area contributed by atoms with Crippen LogP contribution in [0.1, 0.15) is 47.2 Å². The second kappa shape index (κ2) is 12.6. The fourth-order valence-corrected chi connectivity index (χ4v) is 10.3. The predicted molar refractivity (Wildman–Crippen MR) is 240 cm³/mol. The molecule has 12 rings (SSSR count). The molecular formula is C56H38N2O. The van der Waals surface area contributed by atoms with E-state index >= 15 is 0 Å². The highest BCUT2D eigenvalue weighted by Crippen LogP contribution is 2.57. The van der Waals surface area contributed by atoms with Gasteiger partial charge in [-0.1, -0.05) is 178 Å². The summed E-state index contributed by atoms with van der Waals surface area (Å²) in [5.41, 5.74) is 18.3. The maximum Gasteiger partial charge on any atom is 0.160 e. The van der Waals surface area contributed by atoms with Gasteiger partial charge in [-0.05, 0) is 86.0 Å². The van der Waals surface area contributed by atoms with Crippen molar-refractivity contribution in [2.45, 2.75) is 24.7 Å². The maximum absolute atomic E-state index is 6.61. The van der Waals surface area contributed by atoms with Crippen LogP contribution >= 0.6 is 0 Å². The van der Waals surface area contributed by atoms with Crippen molar-refractivity contribution in [3.05, 3.63) is 228 Å². The molecule has 3 nitrogen and oxygen atoms in total. The molecule has 0 unspecified atom stereocenters. The Kier molecular flexibility index (Phi) is 7.19. The number of benzene rings is 8. The topological polar surface area (TPSA) is 38.9 Å². The number of rotatable bonds is 5. The summed E-state index contributed by atoms with van der Waals surface area (Å²) < 4.78 is 6.61. The van der Waals surface area contributed by atoms with Gasteiger partial charge >= 0.3 is 0 Å². The van der Waals surface area contributed by atoms with Crippen LogP contribution in [0, 0.1) is 0 Å². The second-order valence-electron chi connectivity index (χ2n) is 16.5. The molecule has 278 valence electrons. The zero-order valence-electron chi connectivity index (χ0n) is 32.8. The highest BCUT2D eigenvalue weighted by Gasteiger charge is 2.46. The second-order valence-corrected chi connectivity index (χ2v) is 16.5. The molecule has 0 N–H and O–H groups in total. The molecule has 0 saturated heterocycles. The summed E-state index contributed by atoms with van der Waals surface area (Å²) in [7, 11) is 0. The van der Waals surface area contributed by atoms with Gasteiger partial charge in [0, 0.05) is 32.9 Å². The molecule has 0 aliphatic heterocycles. The Hall–Kier alpha value is -7.36. The predicted octanol–water partition coefficient (Wildman–Crippen LogP) is 14.0. The van der Waals surface area contributed by atoms with E-state index in [1.54, 1.807) is 0 Å². The van der Waals surface area contributed by atoms with Gasteiger partial charge in [0.25, 0.3) is 0 Å². The van der Waals surface area contributed by atoms with E-state index in [2.05, 4.69) is 196 Å². The summed E-state index contributed by atoms with van der Waals surface area (Å²) in [6, 6.07) is 70.0. The van der Waals surface area contributed by atoms with E-state index < -0.39 is 5.41 Å². The minimum atomic E-state index is -0.524. The highest BCUT2D eigenvalue weighted by molar-refractivity contribution is 6.09. The highest BCUT2D eigenvalue weighted by atomic mass is 16.3. The van der Waals surface area contributed by atoms with Crippen LogP contribution in [0.25, 0.3) is 78.1 Å². The van der Waals surface area contributed by atoms with E-state index in [-0.39, 0.29) is 5.41 Å². The van der Waals surface area contributed by atoms with Crippen LogP contribution in [0.5, 0.6) is 0 Å². The van der Waals surface area contributed by atoms with Crippen LogP contribution < -0.4 is 0 Å². The van der Waals surface area contributed by atoms with Crippen LogP contribution in [0.3, 0.4) is 0 Å². The zero-order valence-corrected chi connectivity index (χ0v) is 32.8. The van der Waals surface area contributed by atoms with Crippen molar-refractivity contribution in [1.82, 2.24) is 9.97 Å². The molecule has 59 heavy (non-hydrogen) atoms. The third-order valence-electron chi connectivity index (χ3n) is 13.0. The summed E-state index contributed by atoms with van der Waals surface area (Å²) in [5, 5.41) is 2.17. The molecule has 0 amide bonds. The van der Waals surface area contributed by atoms with Gasteiger partial charge in [0.2, 0.25) is 0 Å². The largest absolute Gasteiger partial charge is 0.455 e. The summed E-state index contributed by atoms with van der Waals surface area (Å²) in [6.07, 6.45) is 0.